The van der Waals surface area contributed by atoms with Crippen molar-refractivity contribution in [3.63, 3.8) is 0 Å². The van der Waals surface area contributed by atoms with Crippen LogP contribution in [0.3, 0.4) is 0 Å². The van der Waals surface area contributed by atoms with Crippen LogP contribution in [0.15, 0.2) is 18.2 Å². The summed E-state index contributed by atoms with van der Waals surface area (Å²) in [4.78, 5) is 12.6. The lowest BCUT2D eigenvalue weighted by Gasteiger charge is -2.31. The van der Waals surface area contributed by atoms with Gasteiger partial charge in [-0.3, -0.25) is 4.79 Å². The van der Waals surface area contributed by atoms with Crippen LogP contribution in [0.5, 0.6) is 5.75 Å². The molecular formula is C16H23NO2. The molecule has 3 atom stereocenters. The molecule has 2 N–H and O–H groups in total. The highest BCUT2D eigenvalue weighted by molar-refractivity contribution is 6.03. The maximum Gasteiger partial charge on any atom is 0.168 e. The lowest BCUT2D eigenvalue weighted by atomic mass is 9.73. The van der Waals surface area contributed by atoms with Crippen LogP contribution in [0.1, 0.15) is 43.5 Å². The van der Waals surface area contributed by atoms with Gasteiger partial charge < -0.3 is 10.5 Å². The molecule has 0 heterocycles. The third kappa shape index (κ3) is 2.75. The molecule has 1 saturated carbocycles. The van der Waals surface area contributed by atoms with Crippen molar-refractivity contribution >= 4 is 11.5 Å². The van der Waals surface area contributed by atoms with Crippen molar-refractivity contribution in [1.82, 2.24) is 0 Å². The summed E-state index contributed by atoms with van der Waals surface area (Å²) in [5, 5.41) is 0. The Labute approximate surface area is 115 Å². The van der Waals surface area contributed by atoms with Gasteiger partial charge >= 0.3 is 0 Å². The molecule has 3 nitrogen and oxygen atoms in total. The predicted molar refractivity (Wildman–Crippen MR) is 77.4 cm³/mol. The molecule has 1 fully saturated rings. The number of rotatable bonds is 3. The number of benzene rings is 1. The number of nitrogen functional groups attached to an aromatic ring is 1. The lowest BCUT2D eigenvalue weighted by molar-refractivity contribution is 0.0838. The fourth-order valence-corrected chi connectivity index (χ4v) is 2.94. The number of Topliss-reactive ketones (excluding diaryl/α,β-unsaturated/α-hetero) is 1. The van der Waals surface area contributed by atoms with E-state index in [0.29, 0.717) is 28.8 Å². The van der Waals surface area contributed by atoms with Crippen LogP contribution in [0.2, 0.25) is 0 Å². The summed E-state index contributed by atoms with van der Waals surface area (Å²) in [6, 6.07) is 5.43. The first kappa shape index (κ1) is 13.9. The molecule has 1 aliphatic rings. The highest BCUT2D eigenvalue weighted by Gasteiger charge is 2.30. The Morgan fingerprint density at radius 2 is 2.00 bits per heavy atom. The van der Waals surface area contributed by atoms with Crippen molar-refractivity contribution in [2.75, 3.05) is 12.8 Å². The molecule has 1 aromatic rings. The number of nitrogens with two attached hydrogens (primary N) is 1. The topological polar surface area (TPSA) is 52.3 Å². The first-order valence-electron chi connectivity index (χ1n) is 7.01. The third-order valence-electron chi connectivity index (χ3n) is 4.52. The summed E-state index contributed by atoms with van der Waals surface area (Å²) in [7, 11) is 1.57. The maximum atomic E-state index is 12.6. The van der Waals surface area contributed by atoms with E-state index in [1.807, 2.05) is 12.1 Å². The summed E-state index contributed by atoms with van der Waals surface area (Å²) in [6.07, 6.45) is 3.07. The first-order valence-corrected chi connectivity index (χ1v) is 7.01. The molecule has 104 valence electrons. The molecule has 0 radical (unpaired) electrons. The molecule has 0 saturated heterocycles. The van der Waals surface area contributed by atoms with Crippen LogP contribution in [0.4, 0.5) is 5.69 Å². The van der Waals surface area contributed by atoms with E-state index in [4.69, 9.17) is 10.5 Å². The molecule has 1 aromatic carbocycles. The van der Waals surface area contributed by atoms with Gasteiger partial charge in [-0.15, -0.1) is 0 Å². The molecule has 0 aromatic heterocycles. The van der Waals surface area contributed by atoms with Crippen molar-refractivity contribution in [3.05, 3.63) is 23.8 Å². The minimum Gasteiger partial charge on any atom is -0.495 e. The fraction of sp³-hybridized carbons (Fsp3) is 0.562. The molecule has 0 bridgehead atoms. The number of carbonyl (C=O) groups is 1. The van der Waals surface area contributed by atoms with Crippen LogP contribution in [-0.4, -0.2) is 12.9 Å². The van der Waals surface area contributed by atoms with Gasteiger partial charge in [-0.25, -0.2) is 0 Å². The van der Waals surface area contributed by atoms with Gasteiger partial charge in [0.05, 0.1) is 12.8 Å². The zero-order valence-electron chi connectivity index (χ0n) is 12.0. The number of carbonyl (C=O) groups excluding carboxylic acids is 1. The lowest BCUT2D eigenvalue weighted by Crippen LogP contribution is -2.27. The highest BCUT2D eigenvalue weighted by Crippen LogP contribution is 2.36. The summed E-state index contributed by atoms with van der Waals surface area (Å²) in [5.41, 5.74) is 7.11. The third-order valence-corrected chi connectivity index (χ3v) is 4.52. The number of hydrogen-bond acceptors (Lipinski definition) is 3. The minimum absolute atomic E-state index is 0.112. The van der Waals surface area contributed by atoms with Gasteiger partial charge in [0, 0.05) is 11.5 Å². The number of hydrogen-bond donors (Lipinski definition) is 1. The normalized spacial score (nSPS) is 27.0. The SMILES string of the molecule is COc1cccc(C(=O)C2CCC(C)C(C)C2)c1N. The Hall–Kier alpha value is -1.51. The molecular weight excluding hydrogens is 238 g/mol. The maximum absolute atomic E-state index is 12.6. The van der Waals surface area contributed by atoms with Crippen molar-refractivity contribution in [2.24, 2.45) is 17.8 Å². The van der Waals surface area contributed by atoms with Gasteiger partial charge in [0.15, 0.2) is 5.78 Å². The number of anilines is 1. The van der Waals surface area contributed by atoms with Crippen LogP contribution >= 0.6 is 0 Å². The number of methoxy groups -OCH3 is 1. The second kappa shape index (κ2) is 5.64. The van der Waals surface area contributed by atoms with E-state index in [-0.39, 0.29) is 11.7 Å². The Kier molecular flexibility index (Phi) is 4.13. The van der Waals surface area contributed by atoms with Gasteiger partial charge in [-0.2, -0.15) is 0 Å². The second-order valence-corrected chi connectivity index (χ2v) is 5.75. The average molecular weight is 261 g/mol. The van der Waals surface area contributed by atoms with Gasteiger partial charge in [0.2, 0.25) is 0 Å². The fourth-order valence-electron chi connectivity index (χ4n) is 2.94. The summed E-state index contributed by atoms with van der Waals surface area (Å²) in [6.45, 7) is 4.50. The summed E-state index contributed by atoms with van der Waals surface area (Å²) in [5.74, 6) is 2.19. The second-order valence-electron chi connectivity index (χ2n) is 5.75. The number of para-hydroxylation sites is 1. The van der Waals surface area contributed by atoms with E-state index in [9.17, 15) is 4.79 Å². The van der Waals surface area contributed by atoms with Crippen LogP contribution < -0.4 is 10.5 Å². The van der Waals surface area contributed by atoms with Crippen molar-refractivity contribution in [2.45, 2.75) is 33.1 Å². The summed E-state index contributed by atoms with van der Waals surface area (Å²) >= 11 is 0. The monoisotopic (exact) mass is 261 g/mol. The molecule has 3 heteroatoms. The molecule has 0 spiro atoms. The van der Waals surface area contributed by atoms with Crippen molar-refractivity contribution in [3.8, 4) is 5.75 Å². The highest BCUT2D eigenvalue weighted by atomic mass is 16.5. The largest absolute Gasteiger partial charge is 0.495 e. The molecule has 19 heavy (non-hydrogen) atoms. The van der Waals surface area contributed by atoms with Crippen LogP contribution in [0.25, 0.3) is 0 Å². The molecule has 3 unspecified atom stereocenters. The Bertz CT molecular complexity index is 470. The molecule has 2 rings (SSSR count). The molecule has 0 aliphatic heterocycles. The minimum atomic E-state index is 0.112. The molecule has 1 aliphatic carbocycles. The zero-order chi connectivity index (χ0) is 14.0. The van der Waals surface area contributed by atoms with Crippen molar-refractivity contribution < 1.29 is 9.53 Å². The quantitative estimate of drug-likeness (QED) is 0.669. The Balaban J connectivity index is 2.20. The van der Waals surface area contributed by atoms with E-state index in [1.54, 1.807) is 13.2 Å². The van der Waals surface area contributed by atoms with Crippen LogP contribution in [0, 0.1) is 17.8 Å². The average Bonchev–Trinajstić information content (AvgIpc) is 2.41. The standard InChI is InChI=1S/C16H23NO2/c1-10-7-8-12(9-11(10)2)16(18)13-5-4-6-14(19-3)15(13)17/h4-6,10-12H,7-9,17H2,1-3H3. The Morgan fingerprint density at radius 1 is 1.26 bits per heavy atom. The van der Waals surface area contributed by atoms with E-state index in [2.05, 4.69) is 13.8 Å². The van der Waals surface area contributed by atoms with Gasteiger partial charge in [0.1, 0.15) is 5.75 Å². The van der Waals surface area contributed by atoms with E-state index in [1.165, 1.54) is 0 Å². The number of ketones is 1. The Morgan fingerprint density at radius 3 is 2.63 bits per heavy atom. The predicted octanol–water partition coefficient (Wildman–Crippen LogP) is 3.53. The smallest absolute Gasteiger partial charge is 0.168 e. The van der Waals surface area contributed by atoms with Gasteiger partial charge in [0.25, 0.3) is 0 Å². The number of ether oxygens (including phenoxy) is 1. The van der Waals surface area contributed by atoms with Gasteiger partial charge in [-0.05, 0) is 43.2 Å². The van der Waals surface area contributed by atoms with E-state index >= 15 is 0 Å². The summed E-state index contributed by atoms with van der Waals surface area (Å²) < 4.78 is 5.18. The zero-order valence-corrected chi connectivity index (χ0v) is 12.0. The van der Waals surface area contributed by atoms with Crippen molar-refractivity contribution in [1.29, 1.82) is 0 Å². The van der Waals surface area contributed by atoms with E-state index in [0.717, 1.165) is 19.3 Å². The first-order chi connectivity index (χ1) is 9.04. The van der Waals surface area contributed by atoms with E-state index < -0.39 is 0 Å². The van der Waals surface area contributed by atoms with Gasteiger partial charge in [-0.1, -0.05) is 19.9 Å². The van der Waals surface area contributed by atoms with Crippen LogP contribution in [-0.2, 0) is 0 Å². The molecule has 0 amide bonds.